The minimum absolute atomic E-state index is 0.0869. The van der Waals surface area contributed by atoms with Crippen molar-refractivity contribution in [2.45, 2.75) is 52.7 Å². The molecule has 2 aromatic heterocycles. The number of hydrogen-bond acceptors (Lipinski definition) is 14. The molecule has 0 spiro atoms. The molecule has 18 nitrogen and oxygen atoms in total. The summed E-state index contributed by atoms with van der Waals surface area (Å²) in [4.78, 5) is 31.6. The van der Waals surface area contributed by atoms with Crippen molar-refractivity contribution < 1.29 is 35.9 Å². The summed E-state index contributed by atoms with van der Waals surface area (Å²) < 4.78 is 65.9. The standard InChI is InChI=1S/C26H38N10O8S2/c1-25(2,3)43-23(37)29-11-13-45(39,40)35-19-15-27-9-7-17(19)21-31-33-22(34-32-21)18-8-10-28-16-20(18)36-46(41,42)14-12-30-24(38)44-26(4,5)6/h7-10,15-16,35-36H,11-14H2,1-6H3,(H,29,37)(H,30,38)(H,31,32)(H,33,34). The zero-order valence-corrected chi connectivity index (χ0v) is 27.8. The summed E-state index contributed by atoms with van der Waals surface area (Å²) in [5.41, 5.74) is 4.94. The number of amidine groups is 2. The Kier molecular flexibility index (Phi) is 11.3. The number of alkyl carbamates (subject to hydrolysis) is 2. The van der Waals surface area contributed by atoms with Gasteiger partial charge in [0.05, 0.1) is 35.3 Å². The molecule has 6 N–H and O–H groups in total. The summed E-state index contributed by atoms with van der Waals surface area (Å²) in [6, 6.07) is 3.00. The summed E-state index contributed by atoms with van der Waals surface area (Å²) in [5.74, 6) is -0.641. The summed E-state index contributed by atoms with van der Waals surface area (Å²) in [6.45, 7) is 9.72. The van der Waals surface area contributed by atoms with Crippen LogP contribution in [0.2, 0.25) is 0 Å². The average Bonchev–Trinajstić information content (AvgIpc) is 2.91. The molecule has 3 heterocycles. The van der Waals surface area contributed by atoms with E-state index in [0.29, 0.717) is 11.1 Å². The van der Waals surface area contributed by atoms with E-state index >= 15 is 0 Å². The first-order chi connectivity index (χ1) is 21.3. The second-order valence-electron chi connectivity index (χ2n) is 11.7. The van der Waals surface area contributed by atoms with E-state index in [2.05, 4.69) is 51.1 Å². The zero-order chi connectivity index (χ0) is 34.2. The second-order valence-corrected chi connectivity index (χ2v) is 15.4. The predicted molar refractivity (Wildman–Crippen MR) is 171 cm³/mol. The Morgan fingerprint density at radius 1 is 0.696 bits per heavy atom. The van der Waals surface area contributed by atoms with E-state index in [-0.39, 0.29) is 36.1 Å². The zero-order valence-electron chi connectivity index (χ0n) is 26.2. The molecular weight excluding hydrogens is 644 g/mol. The highest BCUT2D eigenvalue weighted by molar-refractivity contribution is 7.93. The average molecular weight is 683 g/mol. The number of sulfonamides is 2. The Labute approximate surface area is 267 Å². The fraction of sp³-hybridized carbons (Fsp3) is 0.462. The summed E-state index contributed by atoms with van der Waals surface area (Å²) in [6.07, 6.45) is 3.93. The van der Waals surface area contributed by atoms with E-state index < -0.39 is 54.9 Å². The SMILES string of the molecule is CC(C)(C)OC(=O)NCCS(=O)(=O)Nc1cnccc1C1=NN=C(c2ccncc2NS(=O)(=O)CCNC(=O)OC(C)(C)C)NN1. The Bertz CT molecular complexity index is 1570. The third-order valence-electron chi connectivity index (χ3n) is 5.31. The number of nitrogens with one attached hydrogen (secondary N) is 6. The highest BCUT2D eigenvalue weighted by atomic mass is 32.2. The van der Waals surface area contributed by atoms with Crippen LogP contribution < -0.4 is 30.9 Å². The second kappa shape index (κ2) is 14.6. The van der Waals surface area contributed by atoms with Crippen molar-refractivity contribution in [1.82, 2.24) is 31.5 Å². The lowest BCUT2D eigenvalue weighted by Gasteiger charge is -2.21. The van der Waals surface area contributed by atoms with Gasteiger partial charge in [0.1, 0.15) is 11.2 Å². The van der Waals surface area contributed by atoms with Crippen LogP contribution in [0.3, 0.4) is 0 Å². The van der Waals surface area contributed by atoms with Crippen LogP contribution >= 0.6 is 0 Å². The molecule has 0 radical (unpaired) electrons. The van der Waals surface area contributed by atoms with E-state index in [1.54, 1.807) is 41.5 Å². The number of rotatable bonds is 12. The topological polar surface area (TPSA) is 244 Å². The Balaban J connectivity index is 1.69. The lowest BCUT2D eigenvalue weighted by molar-refractivity contribution is 0.0519. The van der Waals surface area contributed by atoms with Gasteiger partial charge in [-0.1, -0.05) is 0 Å². The first kappa shape index (κ1) is 35.8. The van der Waals surface area contributed by atoms with Crippen molar-refractivity contribution >= 4 is 55.3 Å². The van der Waals surface area contributed by atoms with Gasteiger partial charge in [-0.2, -0.15) is 0 Å². The molecule has 0 saturated heterocycles. The van der Waals surface area contributed by atoms with Crippen LogP contribution in [0.1, 0.15) is 52.7 Å². The highest BCUT2D eigenvalue weighted by Gasteiger charge is 2.23. The lowest BCUT2D eigenvalue weighted by Crippen LogP contribution is -2.45. The smallest absolute Gasteiger partial charge is 0.407 e. The maximum absolute atomic E-state index is 12.7. The monoisotopic (exact) mass is 682 g/mol. The third kappa shape index (κ3) is 12.0. The third-order valence-corrected chi connectivity index (χ3v) is 7.86. The molecule has 0 unspecified atom stereocenters. The number of pyridine rings is 2. The number of aromatic nitrogens is 2. The largest absolute Gasteiger partial charge is 0.444 e. The van der Waals surface area contributed by atoms with Crippen LogP contribution in [0, 0.1) is 0 Å². The van der Waals surface area contributed by atoms with Crippen molar-refractivity contribution in [1.29, 1.82) is 0 Å². The van der Waals surface area contributed by atoms with Gasteiger partial charge in [-0.25, -0.2) is 26.4 Å². The Morgan fingerprint density at radius 3 is 1.39 bits per heavy atom. The lowest BCUT2D eigenvalue weighted by atomic mass is 10.2. The Hall–Kier alpha value is -4.72. The summed E-state index contributed by atoms with van der Waals surface area (Å²) in [5, 5.41) is 13.1. The first-order valence-electron chi connectivity index (χ1n) is 13.8. The van der Waals surface area contributed by atoms with Crippen molar-refractivity contribution in [3.63, 3.8) is 0 Å². The predicted octanol–water partition coefficient (Wildman–Crippen LogP) is 1.23. The quantitative estimate of drug-likeness (QED) is 0.185. The van der Waals surface area contributed by atoms with E-state index in [0.717, 1.165) is 0 Å². The maximum Gasteiger partial charge on any atom is 0.407 e. The maximum atomic E-state index is 12.7. The Morgan fingerprint density at radius 2 is 1.07 bits per heavy atom. The number of nitrogens with zero attached hydrogens (tertiary/aromatic N) is 4. The number of hydrogen-bond donors (Lipinski definition) is 6. The molecule has 1 aliphatic rings. The van der Waals surface area contributed by atoms with Crippen molar-refractivity contribution in [2.24, 2.45) is 10.2 Å². The van der Waals surface area contributed by atoms with Crippen LogP contribution in [-0.2, 0) is 29.5 Å². The normalized spacial score (nSPS) is 13.6. The fourth-order valence-electron chi connectivity index (χ4n) is 3.52. The van der Waals surface area contributed by atoms with E-state index in [4.69, 9.17) is 9.47 Å². The molecule has 3 rings (SSSR count). The number of carbonyl (C=O) groups is 2. The van der Waals surface area contributed by atoms with Gasteiger partial charge in [-0.3, -0.25) is 30.3 Å². The number of hydrazine groups is 1. The van der Waals surface area contributed by atoms with Crippen molar-refractivity contribution in [2.75, 3.05) is 34.0 Å². The molecule has 0 aliphatic carbocycles. The number of amides is 2. The summed E-state index contributed by atoms with van der Waals surface area (Å²) in [7, 11) is -7.87. The van der Waals surface area contributed by atoms with Gasteiger partial charge < -0.3 is 20.1 Å². The molecule has 0 fully saturated rings. The van der Waals surface area contributed by atoms with Gasteiger partial charge >= 0.3 is 12.2 Å². The molecule has 0 bridgehead atoms. The van der Waals surface area contributed by atoms with Crippen LogP contribution in [0.4, 0.5) is 21.0 Å². The highest BCUT2D eigenvalue weighted by Crippen LogP contribution is 2.19. The molecule has 252 valence electrons. The van der Waals surface area contributed by atoms with E-state index in [1.165, 1.54) is 36.9 Å². The molecular formula is C26H38N10O8S2. The minimum Gasteiger partial charge on any atom is -0.444 e. The summed E-state index contributed by atoms with van der Waals surface area (Å²) >= 11 is 0. The minimum atomic E-state index is -3.93. The van der Waals surface area contributed by atoms with Crippen molar-refractivity contribution in [3.05, 3.63) is 48.0 Å². The van der Waals surface area contributed by atoms with Crippen LogP contribution in [0.5, 0.6) is 0 Å². The number of ether oxygens (including phenoxy) is 2. The van der Waals surface area contributed by atoms with Crippen LogP contribution in [-0.4, -0.2) is 86.5 Å². The van der Waals surface area contributed by atoms with Gasteiger partial charge in [-0.05, 0) is 53.7 Å². The van der Waals surface area contributed by atoms with Gasteiger partial charge in [0.25, 0.3) is 0 Å². The number of anilines is 2. The molecule has 46 heavy (non-hydrogen) atoms. The molecule has 0 aromatic carbocycles. The van der Waals surface area contributed by atoms with Gasteiger partial charge in [0.15, 0.2) is 11.7 Å². The molecule has 2 amide bonds. The van der Waals surface area contributed by atoms with Gasteiger partial charge in [-0.15, -0.1) is 10.2 Å². The molecule has 1 aliphatic heterocycles. The van der Waals surface area contributed by atoms with Crippen LogP contribution in [0.25, 0.3) is 0 Å². The van der Waals surface area contributed by atoms with Crippen LogP contribution in [0.15, 0.2) is 47.1 Å². The van der Waals surface area contributed by atoms with E-state index in [9.17, 15) is 26.4 Å². The molecule has 20 heteroatoms. The fourth-order valence-corrected chi connectivity index (χ4v) is 5.46. The first-order valence-corrected chi connectivity index (χ1v) is 17.1. The molecule has 2 aromatic rings. The number of carbonyl (C=O) groups excluding carboxylic acids is 2. The van der Waals surface area contributed by atoms with Gasteiger partial charge in [0.2, 0.25) is 20.0 Å². The molecule has 0 atom stereocenters. The van der Waals surface area contributed by atoms with E-state index in [1.807, 2.05) is 0 Å². The van der Waals surface area contributed by atoms with Crippen molar-refractivity contribution in [3.8, 4) is 0 Å². The molecule has 0 saturated carbocycles. The van der Waals surface area contributed by atoms with Gasteiger partial charge in [0, 0.05) is 36.6 Å².